The maximum absolute atomic E-state index is 14.0. The van der Waals surface area contributed by atoms with E-state index in [0.29, 0.717) is 23.1 Å². The molecule has 2 heterocycles. The summed E-state index contributed by atoms with van der Waals surface area (Å²) in [6, 6.07) is 4.73. The van der Waals surface area contributed by atoms with Gasteiger partial charge in [0.05, 0.1) is 5.69 Å². The highest BCUT2D eigenvalue weighted by Gasteiger charge is 2.14. The Morgan fingerprint density at radius 1 is 1.41 bits per heavy atom. The minimum Gasteiger partial charge on any atom is -0.356 e. The van der Waals surface area contributed by atoms with Crippen LogP contribution >= 0.6 is 35.6 Å². The zero-order valence-electron chi connectivity index (χ0n) is 15.7. The van der Waals surface area contributed by atoms with Crippen molar-refractivity contribution in [2.45, 2.75) is 38.8 Å². The second-order valence-corrected chi connectivity index (χ2v) is 6.99. The van der Waals surface area contributed by atoms with Gasteiger partial charge in [-0.15, -0.1) is 24.0 Å². The Balaban J connectivity index is 0.00000261. The monoisotopic (exact) mass is 505 g/mol. The molecule has 1 aliphatic rings. The van der Waals surface area contributed by atoms with Crippen LogP contribution in [-0.4, -0.2) is 41.1 Å². The van der Waals surface area contributed by atoms with Crippen molar-refractivity contribution >= 4 is 41.5 Å². The second-order valence-electron chi connectivity index (χ2n) is 6.58. The van der Waals surface area contributed by atoms with Gasteiger partial charge in [0.25, 0.3) is 0 Å². The summed E-state index contributed by atoms with van der Waals surface area (Å²) in [5.74, 6) is 1.60. The largest absolute Gasteiger partial charge is 0.356 e. The van der Waals surface area contributed by atoms with Gasteiger partial charge >= 0.3 is 0 Å². The van der Waals surface area contributed by atoms with Crippen molar-refractivity contribution in [1.82, 2.24) is 19.8 Å². The average molecular weight is 506 g/mol. The molecule has 148 valence electrons. The van der Waals surface area contributed by atoms with Crippen LogP contribution in [0, 0.1) is 5.82 Å². The summed E-state index contributed by atoms with van der Waals surface area (Å²) in [5.41, 5.74) is 1.58. The van der Waals surface area contributed by atoms with E-state index in [4.69, 9.17) is 16.6 Å². The van der Waals surface area contributed by atoms with Gasteiger partial charge < -0.3 is 14.8 Å². The Labute approximate surface area is 182 Å². The minimum absolute atomic E-state index is 0. The molecule has 0 atom stereocenters. The zero-order valence-corrected chi connectivity index (χ0v) is 18.8. The Kier molecular flexibility index (Phi) is 8.34. The van der Waals surface area contributed by atoms with Crippen molar-refractivity contribution in [3.8, 4) is 0 Å². The first-order chi connectivity index (χ1) is 12.6. The van der Waals surface area contributed by atoms with Crippen molar-refractivity contribution in [2.75, 3.05) is 20.6 Å². The number of guanidine groups is 1. The van der Waals surface area contributed by atoms with E-state index in [1.165, 1.54) is 24.7 Å². The average Bonchev–Trinajstić information content (AvgIpc) is 3.04. The third-order valence-electron chi connectivity index (χ3n) is 4.65. The number of halogens is 3. The van der Waals surface area contributed by atoms with E-state index < -0.39 is 0 Å². The van der Waals surface area contributed by atoms with Crippen LogP contribution in [0.4, 0.5) is 4.39 Å². The molecule has 1 aromatic carbocycles. The first kappa shape index (κ1) is 21.9. The number of nitrogens with one attached hydrogen (secondary N) is 1. The molecule has 0 unspecified atom stereocenters. The van der Waals surface area contributed by atoms with Crippen LogP contribution in [0.25, 0.3) is 0 Å². The molecule has 0 amide bonds. The highest BCUT2D eigenvalue weighted by atomic mass is 127. The van der Waals surface area contributed by atoms with Gasteiger partial charge in [-0.1, -0.05) is 17.7 Å². The van der Waals surface area contributed by atoms with Gasteiger partial charge in [0, 0.05) is 63.4 Å². The van der Waals surface area contributed by atoms with Gasteiger partial charge in [0.2, 0.25) is 0 Å². The number of aromatic nitrogens is 2. The summed E-state index contributed by atoms with van der Waals surface area (Å²) in [5, 5.41) is 3.75. The number of hydrogen-bond acceptors (Lipinski definition) is 2. The van der Waals surface area contributed by atoms with Crippen molar-refractivity contribution in [1.29, 1.82) is 0 Å². The summed E-state index contributed by atoms with van der Waals surface area (Å²) < 4.78 is 16.2. The Morgan fingerprint density at radius 3 is 2.93 bits per heavy atom. The molecule has 0 spiro atoms. The normalized spacial score (nSPS) is 13.7. The molecular formula is C19H26ClFIN5. The predicted molar refractivity (Wildman–Crippen MR) is 119 cm³/mol. The number of rotatable bonds is 5. The quantitative estimate of drug-likeness (QED) is 0.381. The summed E-state index contributed by atoms with van der Waals surface area (Å²) in [6.07, 6.45) is 6.51. The molecule has 0 fully saturated rings. The molecule has 1 aromatic heterocycles. The lowest BCUT2D eigenvalue weighted by Gasteiger charge is -2.22. The maximum atomic E-state index is 14.0. The summed E-state index contributed by atoms with van der Waals surface area (Å²) in [4.78, 5) is 10.9. The van der Waals surface area contributed by atoms with Gasteiger partial charge in [0.1, 0.15) is 11.6 Å². The summed E-state index contributed by atoms with van der Waals surface area (Å²) in [7, 11) is 3.59. The maximum Gasteiger partial charge on any atom is 0.193 e. The molecule has 1 aliphatic heterocycles. The fraction of sp³-hybridized carbons (Fsp3) is 0.474. The molecule has 0 radical (unpaired) electrons. The molecule has 27 heavy (non-hydrogen) atoms. The van der Waals surface area contributed by atoms with E-state index in [1.54, 1.807) is 19.2 Å². The van der Waals surface area contributed by atoms with E-state index in [1.807, 2.05) is 11.9 Å². The Bertz CT molecular complexity index is 749. The Hall–Kier alpha value is -1.35. The number of imidazole rings is 1. The van der Waals surface area contributed by atoms with Gasteiger partial charge in [-0.05, 0) is 25.0 Å². The van der Waals surface area contributed by atoms with Crippen LogP contribution in [-0.2, 0) is 25.9 Å². The molecule has 5 nitrogen and oxygen atoms in total. The van der Waals surface area contributed by atoms with Crippen LogP contribution in [0.2, 0.25) is 5.02 Å². The standard InChI is InChI=1S/C19H25ClFN5.HI/c1-22-19(25(2)13-15-16(20)6-5-7-17(15)21)23-10-9-14-12-26-11-4-3-8-18(26)24-14;/h5-7,12H,3-4,8-11,13H2,1-2H3,(H,22,23);1H. The third kappa shape index (κ3) is 5.57. The minimum atomic E-state index is -0.302. The van der Waals surface area contributed by atoms with Gasteiger partial charge in [0.15, 0.2) is 5.96 Å². The van der Waals surface area contributed by atoms with Crippen molar-refractivity contribution in [3.05, 3.63) is 52.3 Å². The topological polar surface area (TPSA) is 45.5 Å². The predicted octanol–water partition coefficient (Wildman–Crippen LogP) is 3.88. The smallest absolute Gasteiger partial charge is 0.193 e. The van der Waals surface area contributed by atoms with E-state index in [2.05, 4.69) is 21.1 Å². The lowest BCUT2D eigenvalue weighted by molar-refractivity contribution is 0.461. The fourth-order valence-electron chi connectivity index (χ4n) is 3.27. The highest BCUT2D eigenvalue weighted by molar-refractivity contribution is 14.0. The van der Waals surface area contributed by atoms with E-state index in [9.17, 15) is 4.39 Å². The summed E-state index contributed by atoms with van der Waals surface area (Å²) in [6.45, 7) is 2.14. The third-order valence-corrected chi connectivity index (χ3v) is 5.01. The zero-order chi connectivity index (χ0) is 18.5. The van der Waals surface area contributed by atoms with Crippen LogP contribution in [0.15, 0.2) is 29.4 Å². The molecule has 0 aliphatic carbocycles. The van der Waals surface area contributed by atoms with Crippen molar-refractivity contribution in [3.63, 3.8) is 0 Å². The number of fused-ring (bicyclic) bond motifs is 1. The molecule has 2 aromatic rings. The number of benzene rings is 1. The molecule has 0 saturated heterocycles. The second kappa shape index (κ2) is 10.3. The lowest BCUT2D eigenvalue weighted by Crippen LogP contribution is -2.39. The van der Waals surface area contributed by atoms with E-state index in [-0.39, 0.29) is 29.8 Å². The van der Waals surface area contributed by atoms with E-state index >= 15 is 0 Å². The highest BCUT2D eigenvalue weighted by Crippen LogP contribution is 2.20. The van der Waals surface area contributed by atoms with Crippen LogP contribution in [0.1, 0.15) is 29.9 Å². The molecular weight excluding hydrogens is 480 g/mol. The van der Waals surface area contributed by atoms with Crippen LogP contribution in [0.3, 0.4) is 0 Å². The lowest BCUT2D eigenvalue weighted by atomic mass is 10.2. The van der Waals surface area contributed by atoms with Gasteiger partial charge in [-0.2, -0.15) is 0 Å². The molecule has 1 N–H and O–H groups in total. The Morgan fingerprint density at radius 2 is 2.22 bits per heavy atom. The van der Waals surface area contributed by atoms with Crippen LogP contribution in [0.5, 0.6) is 0 Å². The summed E-state index contributed by atoms with van der Waals surface area (Å²) >= 11 is 6.12. The van der Waals surface area contributed by atoms with Crippen molar-refractivity contribution < 1.29 is 4.39 Å². The molecule has 8 heteroatoms. The number of aryl methyl sites for hydroxylation is 2. The first-order valence-electron chi connectivity index (χ1n) is 8.98. The van der Waals surface area contributed by atoms with Gasteiger partial charge in [-0.3, -0.25) is 4.99 Å². The van der Waals surface area contributed by atoms with Crippen molar-refractivity contribution in [2.24, 2.45) is 4.99 Å². The number of nitrogens with zero attached hydrogens (tertiary/aromatic N) is 4. The molecule has 0 saturated carbocycles. The molecule has 0 bridgehead atoms. The SMILES string of the molecule is CN=C(NCCc1cn2c(n1)CCCC2)N(C)Cc1c(F)cccc1Cl.I. The van der Waals surface area contributed by atoms with Gasteiger partial charge in [-0.25, -0.2) is 9.37 Å². The van der Waals surface area contributed by atoms with E-state index in [0.717, 1.165) is 31.6 Å². The molecule has 3 rings (SSSR count). The number of aliphatic imine (C=N–C) groups is 1. The fourth-order valence-corrected chi connectivity index (χ4v) is 3.50. The number of hydrogen-bond donors (Lipinski definition) is 1. The first-order valence-corrected chi connectivity index (χ1v) is 9.36. The van der Waals surface area contributed by atoms with Crippen LogP contribution < -0.4 is 5.32 Å².